The Morgan fingerprint density at radius 3 is 2.71 bits per heavy atom. The number of ether oxygens (including phenoxy) is 2. The highest BCUT2D eigenvalue weighted by atomic mass is 16.6. The van der Waals surface area contributed by atoms with Crippen LogP contribution in [0.1, 0.15) is 66.2 Å². The van der Waals surface area contributed by atoms with Crippen LogP contribution >= 0.6 is 0 Å². The Labute approximate surface area is 144 Å². The first kappa shape index (κ1) is 17.4. The van der Waals surface area contributed by atoms with E-state index in [9.17, 15) is 9.90 Å². The van der Waals surface area contributed by atoms with Gasteiger partial charge in [-0.2, -0.15) is 0 Å². The van der Waals surface area contributed by atoms with Crippen LogP contribution in [-0.4, -0.2) is 28.4 Å². The minimum atomic E-state index is -1.01. The minimum Gasteiger partial charge on any atom is -0.423 e. The molecule has 4 heteroatoms. The summed E-state index contributed by atoms with van der Waals surface area (Å²) >= 11 is 0. The molecule has 1 fully saturated rings. The van der Waals surface area contributed by atoms with Gasteiger partial charge in [0.2, 0.25) is 0 Å². The summed E-state index contributed by atoms with van der Waals surface area (Å²) in [6.45, 7) is 7.87. The zero-order valence-corrected chi connectivity index (χ0v) is 15.1. The molecule has 3 rings (SSSR count). The van der Waals surface area contributed by atoms with E-state index in [0.29, 0.717) is 17.8 Å². The van der Waals surface area contributed by atoms with Crippen molar-refractivity contribution in [2.24, 2.45) is 0 Å². The van der Waals surface area contributed by atoms with Gasteiger partial charge in [-0.1, -0.05) is 11.6 Å². The summed E-state index contributed by atoms with van der Waals surface area (Å²) in [5.74, 6) is 0.239. The van der Waals surface area contributed by atoms with Gasteiger partial charge >= 0.3 is 5.97 Å². The normalized spacial score (nSPS) is 37.7. The van der Waals surface area contributed by atoms with Crippen molar-refractivity contribution in [2.75, 3.05) is 0 Å². The highest BCUT2D eigenvalue weighted by Crippen LogP contribution is 2.44. The van der Waals surface area contributed by atoms with Crippen molar-refractivity contribution in [2.45, 2.75) is 83.5 Å². The van der Waals surface area contributed by atoms with Crippen LogP contribution < -0.4 is 0 Å². The van der Waals surface area contributed by atoms with Gasteiger partial charge in [-0.25, -0.2) is 4.79 Å². The summed E-state index contributed by atoms with van der Waals surface area (Å²) in [6.07, 6.45) is 9.28. The molecule has 3 atom stereocenters. The van der Waals surface area contributed by atoms with Gasteiger partial charge in [0.15, 0.2) is 0 Å². The molecular weight excluding hydrogens is 304 g/mol. The lowest BCUT2D eigenvalue weighted by molar-refractivity contribution is -0.133. The summed E-state index contributed by atoms with van der Waals surface area (Å²) in [5, 5.41) is 10.7. The standard InChI is InChI=1S/C20H28O4/c1-13-6-5-10-20(4)17(24-20)9-11-19(3,22)12-16-15(8-7-13)14(2)18(21)23-16/h6,12,17,22H,5,7-11H2,1-4H3/t17-,19-,20+/m0/s1. The summed E-state index contributed by atoms with van der Waals surface area (Å²) in [6, 6.07) is 0. The number of esters is 1. The van der Waals surface area contributed by atoms with Crippen molar-refractivity contribution in [3.8, 4) is 0 Å². The van der Waals surface area contributed by atoms with Gasteiger partial charge < -0.3 is 14.6 Å². The third-order valence-corrected chi connectivity index (χ3v) is 5.55. The molecule has 0 aromatic rings. The molecule has 1 saturated heterocycles. The van der Waals surface area contributed by atoms with Crippen LogP contribution in [0.2, 0.25) is 0 Å². The Morgan fingerprint density at radius 2 is 1.96 bits per heavy atom. The Hall–Kier alpha value is -1.39. The lowest BCUT2D eigenvalue weighted by Crippen LogP contribution is -2.23. The van der Waals surface area contributed by atoms with E-state index in [0.717, 1.165) is 37.7 Å². The number of rotatable bonds is 0. The molecule has 4 nitrogen and oxygen atoms in total. The minimum absolute atomic E-state index is 0.0500. The van der Waals surface area contributed by atoms with Crippen LogP contribution in [0.3, 0.4) is 0 Å². The molecule has 0 aromatic heterocycles. The fourth-order valence-electron chi connectivity index (χ4n) is 3.66. The maximum Gasteiger partial charge on any atom is 0.339 e. The SMILES string of the molecule is CC1=CCC[C@@]2(C)O[C@H]2CC[C@](C)(O)C=C2OC(=O)C(C)=C2CC1. The molecule has 0 unspecified atom stereocenters. The van der Waals surface area contributed by atoms with E-state index in [2.05, 4.69) is 19.9 Å². The molecule has 2 aliphatic heterocycles. The van der Waals surface area contributed by atoms with Crippen molar-refractivity contribution >= 4 is 5.97 Å². The lowest BCUT2D eigenvalue weighted by atomic mass is 9.90. The molecule has 0 spiro atoms. The largest absolute Gasteiger partial charge is 0.423 e. The van der Waals surface area contributed by atoms with Gasteiger partial charge in [-0.05, 0) is 72.3 Å². The molecule has 1 N–H and O–H groups in total. The van der Waals surface area contributed by atoms with Crippen molar-refractivity contribution in [3.63, 3.8) is 0 Å². The highest BCUT2D eigenvalue weighted by Gasteiger charge is 2.51. The van der Waals surface area contributed by atoms with Gasteiger partial charge in [0.1, 0.15) is 5.76 Å². The van der Waals surface area contributed by atoms with Crippen LogP contribution in [0.25, 0.3) is 0 Å². The summed E-state index contributed by atoms with van der Waals surface area (Å²) in [4.78, 5) is 11.9. The monoisotopic (exact) mass is 332 g/mol. The second-order valence-electron chi connectivity index (χ2n) is 7.91. The topological polar surface area (TPSA) is 59.1 Å². The highest BCUT2D eigenvalue weighted by molar-refractivity contribution is 5.93. The number of fused-ring (bicyclic) bond motifs is 2. The molecule has 0 bridgehead atoms. The Kier molecular flexibility index (Phi) is 4.47. The number of carbonyl (C=O) groups excluding carboxylic acids is 1. The Morgan fingerprint density at radius 1 is 1.21 bits per heavy atom. The zero-order valence-electron chi connectivity index (χ0n) is 15.1. The van der Waals surface area contributed by atoms with E-state index < -0.39 is 5.60 Å². The fourth-order valence-corrected chi connectivity index (χ4v) is 3.66. The molecule has 1 aliphatic carbocycles. The van der Waals surface area contributed by atoms with Crippen LogP contribution in [0.4, 0.5) is 0 Å². The van der Waals surface area contributed by atoms with Crippen molar-refractivity contribution in [1.82, 2.24) is 0 Å². The van der Waals surface area contributed by atoms with E-state index in [1.165, 1.54) is 5.57 Å². The molecule has 0 amide bonds. The van der Waals surface area contributed by atoms with Gasteiger partial charge in [0, 0.05) is 11.1 Å². The molecule has 0 saturated carbocycles. The number of carbonyl (C=O) groups is 1. The smallest absolute Gasteiger partial charge is 0.339 e. The second kappa shape index (κ2) is 6.16. The van der Waals surface area contributed by atoms with E-state index in [1.54, 1.807) is 19.9 Å². The van der Waals surface area contributed by atoms with E-state index in [1.807, 2.05) is 0 Å². The molecule has 24 heavy (non-hydrogen) atoms. The average Bonchev–Trinajstić information content (AvgIpc) is 3.06. The number of hydrogen-bond acceptors (Lipinski definition) is 4. The van der Waals surface area contributed by atoms with Gasteiger partial charge in [-0.15, -0.1) is 0 Å². The maximum atomic E-state index is 11.9. The summed E-state index contributed by atoms with van der Waals surface area (Å²) < 4.78 is 11.3. The zero-order chi connectivity index (χ0) is 17.5. The predicted octanol–water partition coefficient (Wildman–Crippen LogP) is 3.95. The van der Waals surface area contributed by atoms with Crippen LogP contribution in [-0.2, 0) is 14.3 Å². The molecule has 0 radical (unpaired) electrons. The number of aliphatic hydroxyl groups is 1. The molecule has 132 valence electrons. The van der Waals surface area contributed by atoms with E-state index >= 15 is 0 Å². The van der Waals surface area contributed by atoms with Gasteiger partial charge in [-0.3, -0.25) is 0 Å². The van der Waals surface area contributed by atoms with Crippen LogP contribution in [0.5, 0.6) is 0 Å². The van der Waals surface area contributed by atoms with Crippen LogP contribution in [0.15, 0.2) is 34.6 Å². The van der Waals surface area contributed by atoms with Crippen molar-refractivity contribution in [1.29, 1.82) is 0 Å². The van der Waals surface area contributed by atoms with Crippen LogP contribution in [0, 0.1) is 0 Å². The average molecular weight is 332 g/mol. The Balaban J connectivity index is 1.87. The van der Waals surface area contributed by atoms with Crippen molar-refractivity contribution < 1.29 is 19.4 Å². The number of hydrogen-bond donors (Lipinski definition) is 1. The lowest BCUT2D eigenvalue weighted by Gasteiger charge is -2.20. The first-order valence-electron chi connectivity index (χ1n) is 8.91. The maximum absolute atomic E-state index is 11.9. The van der Waals surface area contributed by atoms with Crippen molar-refractivity contribution in [3.05, 3.63) is 34.6 Å². The Bertz CT molecular complexity index is 638. The molecule has 3 aliphatic rings. The molecular formula is C20H28O4. The first-order valence-corrected chi connectivity index (χ1v) is 8.91. The quantitative estimate of drug-likeness (QED) is 0.414. The molecule has 0 aromatic carbocycles. The predicted molar refractivity (Wildman–Crippen MR) is 92.2 cm³/mol. The second-order valence-corrected chi connectivity index (χ2v) is 7.91. The van der Waals surface area contributed by atoms with Gasteiger partial charge in [0.05, 0.1) is 17.3 Å². The number of allylic oxidation sites excluding steroid dienone is 3. The third kappa shape index (κ3) is 3.65. The first-order chi connectivity index (χ1) is 11.2. The number of epoxide rings is 1. The summed E-state index contributed by atoms with van der Waals surface area (Å²) in [7, 11) is 0. The van der Waals surface area contributed by atoms with Gasteiger partial charge in [0.25, 0.3) is 0 Å². The molecule has 2 heterocycles. The fraction of sp³-hybridized carbons (Fsp3) is 0.650. The van der Waals surface area contributed by atoms with E-state index in [-0.39, 0.29) is 17.7 Å². The van der Waals surface area contributed by atoms with E-state index in [4.69, 9.17) is 9.47 Å². The third-order valence-electron chi connectivity index (χ3n) is 5.55. The summed E-state index contributed by atoms with van der Waals surface area (Å²) in [5.41, 5.74) is 1.85.